The number of benzene rings is 1. The molecule has 0 heterocycles. The molecule has 0 saturated heterocycles. The Labute approximate surface area is 113 Å². The van der Waals surface area contributed by atoms with Crippen molar-refractivity contribution < 1.29 is 14.7 Å². The van der Waals surface area contributed by atoms with Crippen molar-refractivity contribution in [2.75, 3.05) is 25.0 Å². The normalized spacial score (nSPS) is 10.1. The van der Waals surface area contributed by atoms with Crippen molar-refractivity contribution in [1.82, 2.24) is 4.90 Å². The Morgan fingerprint density at radius 3 is 2.42 bits per heavy atom. The van der Waals surface area contributed by atoms with Crippen LogP contribution in [0.1, 0.15) is 18.9 Å². The van der Waals surface area contributed by atoms with E-state index in [-0.39, 0.29) is 19.0 Å². The van der Waals surface area contributed by atoms with Crippen LogP contribution in [0.5, 0.6) is 0 Å². The highest BCUT2D eigenvalue weighted by atomic mass is 16.4. The first-order chi connectivity index (χ1) is 8.97. The molecule has 0 saturated carbocycles. The molecule has 1 aromatic carbocycles. The number of carboxylic acids is 1. The summed E-state index contributed by atoms with van der Waals surface area (Å²) in [6.45, 7) is 4.49. The fraction of sp³-hybridized carbons (Fsp3) is 0.429. The third-order valence-corrected chi connectivity index (χ3v) is 3.01. The number of anilines is 1. The Balaban J connectivity index is 2.80. The predicted octanol–water partition coefficient (Wildman–Crippen LogP) is 2.35. The van der Waals surface area contributed by atoms with E-state index in [1.807, 2.05) is 38.1 Å². The summed E-state index contributed by atoms with van der Waals surface area (Å²) < 4.78 is 0. The highest BCUT2D eigenvalue weighted by molar-refractivity contribution is 5.92. The van der Waals surface area contributed by atoms with Gasteiger partial charge in [-0.1, -0.05) is 18.2 Å². The molecule has 5 heteroatoms. The van der Waals surface area contributed by atoms with Crippen molar-refractivity contribution in [3.8, 4) is 0 Å². The number of carbonyl (C=O) groups is 2. The summed E-state index contributed by atoms with van der Waals surface area (Å²) in [5, 5.41) is 8.69. The summed E-state index contributed by atoms with van der Waals surface area (Å²) >= 11 is 0. The Hall–Kier alpha value is -2.04. The number of urea groups is 1. The average molecular weight is 264 g/mol. The molecule has 0 aliphatic rings. The van der Waals surface area contributed by atoms with Crippen LogP contribution in [0, 0.1) is 6.92 Å². The van der Waals surface area contributed by atoms with Gasteiger partial charge in [-0.2, -0.15) is 0 Å². The monoisotopic (exact) mass is 264 g/mol. The van der Waals surface area contributed by atoms with Crippen LogP contribution < -0.4 is 4.90 Å². The van der Waals surface area contributed by atoms with Crippen LogP contribution >= 0.6 is 0 Å². The van der Waals surface area contributed by atoms with Crippen LogP contribution in [0.3, 0.4) is 0 Å². The molecule has 104 valence electrons. The van der Waals surface area contributed by atoms with E-state index in [0.29, 0.717) is 6.54 Å². The lowest BCUT2D eigenvalue weighted by atomic mass is 10.2. The number of para-hydroxylation sites is 1. The van der Waals surface area contributed by atoms with Gasteiger partial charge in [-0.05, 0) is 25.5 Å². The van der Waals surface area contributed by atoms with E-state index in [2.05, 4.69) is 0 Å². The van der Waals surface area contributed by atoms with E-state index in [4.69, 9.17) is 5.11 Å². The summed E-state index contributed by atoms with van der Waals surface area (Å²) in [6.07, 6.45) is -0.0405. The summed E-state index contributed by atoms with van der Waals surface area (Å²) in [7, 11) is 1.70. The molecule has 0 spiro atoms. The van der Waals surface area contributed by atoms with Gasteiger partial charge < -0.3 is 10.0 Å². The van der Waals surface area contributed by atoms with Crippen molar-refractivity contribution >= 4 is 17.7 Å². The van der Waals surface area contributed by atoms with Crippen molar-refractivity contribution in [1.29, 1.82) is 0 Å². The van der Waals surface area contributed by atoms with Crippen LogP contribution in [-0.4, -0.2) is 42.1 Å². The number of hydrogen-bond donors (Lipinski definition) is 1. The summed E-state index contributed by atoms with van der Waals surface area (Å²) in [5.74, 6) is -0.898. The fourth-order valence-electron chi connectivity index (χ4n) is 1.87. The molecule has 19 heavy (non-hydrogen) atoms. The predicted molar refractivity (Wildman–Crippen MR) is 74.5 cm³/mol. The molecule has 0 radical (unpaired) electrons. The molecular formula is C14H20N2O3. The molecule has 0 fully saturated rings. The SMILES string of the molecule is CCN(CCC(=O)O)C(=O)N(C)c1ccccc1C. The van der Waals surface area contributed by atoms with E-state index in [9.17, 15) is 9.59 Å². The van der Waals surface area contributed by atoms with Crippen molar-refractivity contribution in [2.45, 2.75) is 20.3 Å². The maximum absolute atomic E-state index is 12.3. The van der Waals surface area contributed by atoms with Gasteiger partial charge in [0.25, 0.3) is 0 Å². The number of amides is 2. The molecular weight excluding hydrogens is 244 g/mol. The zero-order valence-corrected chi connectivity index (χ0v) is 11.6. The highest BCUT2D eigenvalue weighted by Crippen LogP contribution is 2.19. The zero-order chi connectivity index (χ0) is 14.4. The Bertz CT molecular complexity index is 460. The molecule has 0 atom stereocenters. The third kappa shape index (κ3) is 3.98. The average Bonchev–Trinajstić information content (AvgIpc) is 2.38. The number of nitrogens with zero attached hydrogens (tertiary/aromatic N) is 2. The first-order valence-corrected chi connectivity index (χ1v) is 6.27. The Kier molecular flexibility index (Phi) is 5.36. The molecule has 2 amide bonds. The number of carboxylic acid groups (broad SMARTS) is 1. The van der Waals surface area contributed by atoms with E-state index >= 15 is 0 Å². The topological polar surface area (TPSA) is 60.9 Å². The number of aryl methyl sites for hydroxylation is 1. The maximum atomic E-state index is 12.3. The van der Waals surface area contributed by atoms with E-state index in [0.717, 1.165) is 11.3 Å². The number of aliphatic carboxylic acids is 1. The number of carbonyl (C=O) groups excluding carboxylic acids is 1. The van der Waals surface area contributed by atoms with Gasteiger partial charge in [-0.15, -0.1) is 0 Å². The fourth-order valence-corrected chi connectivity index (χ4v) is 1.87. The van der Waals surface area contributed by atoms with Gasteiger partial charge in [0.1, 0.15) is 0 Å². The van der Waals surface area contributed by atoms with Crippen molar-refractivity contribution in [2.24, 2.45) is 0 Å². The minimum atomic E-state index is -0.898. The van der Waals surface area contributed by atoms with Gasteiger partial charge in [-0.3, -0.25) is 9.69 Å². The van der Waals surface area contributed by atoms with Gasteiger partial charge in [0, 0.05) is 25.8 Å². The second-order valence-electron chi connectivity index (χ2n) is 4.35. The lowest BCUT2D eigenvalue weighted by molar-refractivity contribution is -0.137. The smallest absolute Gasteiger partial charge is 0.324 e. The standard InChI is InChI=1S/C14H20N2O3/c1-4-16(10-9-13(17)18)14(19)15(3)12-8-6-5-7-11(12)2/h5-8H,4,9-10H2,1-3H3,(H,17,18). The van der Waals surface area contributed by atoms with Gasteiger partial charge in [0.15, 0.2) is 0 Å². The van der Waals surface area contributed by atoms with Gasteiger partial charge in [0.2, 0.25) is 0 Å². The molecule has 1 N–H and O–H groups in total. The summed E-state index contributed by atoms with van der Waals surface area (Å²) in [5.41, 5.74) is 1.84. The second kappa shape index (κ2) is 6.78. The lowest BCUT2D eigenvalue weighted by Crippen LogP contribution is -2.42. The number of rotatable bonds is 5. The maximum Gasteiger partial charge on any atom is 0.324 e. The van der Waals surface area contributed by atoms with E-state index in [1.165, 1.54) is 4.90 Å². The molecule has 1 rings (SSSR count). The third-order valence-electron chi connectivity index (χ3n) is 3.01. The van der Waals surface area contributed by atoms with Gasteiger partial charge in [-0.25, -0.2) is 4.79 Å². The molecule has 1 aromatic rings. The molecule has 0 aliphatic carbocycles. The highest BCUT2D eigenvalue weighted by Gasteiger charge is 2.19. The molecule has 5 nitrogen and oxygen atoms in total. The quantitative estimate of drug-likeness (QED) is 0.888. The minimum absolute atomic E-state index is 0.0405. The molecule has 0 aromatic heterocycles. The first-order valence-electron chi connectivity index (χ1n) is 6.27. The number of hydrogen-bond acceptors (Lipinski definition) is 2. The van der Waals surface area contributed by atoms with Crippen LogP contribution in [0.25, 0.3) is 0 Å². The van der Waals surface area contributed by atoms with Crippen LogP contribution in [0.4, 0.5) is 10.5 Å². The largest absolute Gasteiger partial charge is 0.481 e. The Morgan fingerprint density at radius 1 is 1.26 bits per heavy atom. The van der Waals surface area contributed by atoms with E-state index < -0.39 is 5.97 Å². The first kappa shape index (κ1) is 15.0. The van der Waals surface area contributed by atoms with E-state index in [1.54, 1.807) is 11.9 Å². The Morgan fingerprint density at radius 2 is 1.89 bits per heavy atom. The van der Waals surface area contributed by atoms with Crippen molar-refractivity contribution in [3.05, 3.63) is 29.8 Å². The van der Waals surface area contributed by atoms with Gasteiger partial charge >= 0.3 is 12.0 Å². The van der Waals surface area contributed by atoms with Crippen LogP contribution in [0.2, 0.25) is 0 Å². The van der Waals surface area contributed by atoms with Crippen molar-refractivity contribution in [3.63, 3.8) is 0 Å². The van der Waals surface area contributed by atoms with Gasteiger partial charge in [0.05, 0.1) is 6.42 Å². The summed E-state index contributed by atoms with van der Waals surface area (Å²) in [6, 6.07) is 7.42. The molecule has 0 bridgehead atoms. The van der Waals surface area contributed by atoms with Crippen LogP contribution in [0.15, 0.2) is 24.3 Å². The lowest BCUT2D eigenvalue weighted by Gasteiger charge is -2.27. The molecule has 0 unspecified atom stereocenters. The second-order valence-corrected chi connectivity index (χ2v) is 4.35. The minimum Gasteiger partial charge on any atom is -0.481 e. The molecule has 0 aliphatic heterocycles. The summed E-state index contributed by atoms with van der Waals surface area (Å²) in [4.78, 5) is 26.0. The van der Waals surface area contributed by atoms with Crippen LogP contribution in [-0.2, 0) is 4.79 Å². The zero-order valence-electron chi connectivity index (χ0n) is 11.6.